The van der Waals surface area contributed by atoms with E-state index in [1.54, 1.807) is 0 Å². The van der Waals surface area contributed by atoms with Gasteiger partial charge < -0.3 is 15.5 Å². The number of nitrogens with zero attached hydrogens (tertiary/aromatic N) is 3. The van der Waals surface area contributed by atoms with Gasteiger partial charge in [-0.3, -0.25) is 4.99 Å². The van der Waals surface area contributed by atoms with Gasteiger partial charge in [0.05, 0.1) is 10.7 Å². The molecule has 1 unspecified atom stereocenters. The number of nitrogens with one attached hydrogen (secondary N) is 2. The van der Waals surface area contributed by atoms with Crippen LogP contribution in [0.2, 0.25) is 0 Å². The summed E-state index contributed by atoms with van der Waals surface area (Å²) in [5, 5.41) is 8.38. The van der Waals surface area contributed by atoms with Crippen molar-refractivity contribution in [3.8, 4) is 0 Å². The number of hydrogen-bond acceptors (Lipinski definition) is 4. The molecule has 2 aliphatic rings. The molecule has 5 nitrogen and oxygen atoms in total. The zero-order chi connectivity index (χ0) is 19.2. The standard InChI is InChI=1S/C22H31N5S/c1-23-22(25-17-13-15-27(16-17)18-8-3-2-4-9-18)24-14-7-12-21-26-19-10-5-6-11-20(19)28-21/h2-4,8-9,17H,5-7,10-16H2,1H3,(H2,23,24,25). The SMILES string of the molecule is CN=C(NCCCc1nc2c(s1)CCCC2)NC1CCN(c2ccccc2)C1. The highest BCUT2D eigenvalue weighted by Gasteiger charge is 2.23. The van der Waals surface area contributed by atoms with Gasteiger partial charge in [0.15, 0.2) is 5.96 Å². The van der Waals surface area contributed by atoms with Gasteiger partial charge >= 0.3 is 0 Å². The zero-order valence-electron chi connectivity index (χ0n) is 16.8. The third-order valence-corrected chi connectivity index (χ3v) is 6.84. The second kappa shape index (κ2) is 9.41. The van der Waals surface area contributed by atoms with E-state index >= 15 is 0 Å². The van der Waals surface area contributed by atoms with Crippen molar-refractivity contribution < 1.29 is 0 Å². The smallest absolute Gasteiger partial charge is 0.191 e. The summed E-state index contributed by atoms with van der Waals surface area (Å²) in [6, 6.07) is 11.1. The topological polar surface area (TPSA) is 52.6 Å². The number of fused-ring (bicyclic) bond motifs is 1. The fourth-order valence-electron chi connectivity index (χ4n) is 4.10. The monoisotopic (exact) mass is 397 g/mol. The fraction of sp³-hybridized carbons (Fsp3) is 0.545. The summed E-state index contributed by atoms with van der Waals surface area (Å²) in [5.74, 6) is 0.915. The lowest BCUT2D eigenvalue weighted by Gasteiger charge is -2.20. The first-order chi connectivity index (χ1) is 13.8. The molecule has 1 aromatic carbocycles. The van der Waals surface area contributed by atoms with E-state index in [4.69, 9.17) is 4.98 Å². The minimum atomic E-state index is 0.442. The van der Waals surface area contributed by atoms with Crippen molar-refractivity contribution in [1.29, 1.82) is 0 Å². The molecular weight excluding hydrogens is 366 g/mol. The molecule has 2 heterocycles. The average Bonchev–Trinajstić information content (AvgIpc) is 3.37. The summed E-state index contributed by atoms with van der Waals surface area (Å²) in [5.41, 5.74) is 2.68. The Bertz CT molecular complexity index is 762. The van der Waals surface area contributed by atoms with Gasteiger partial charge in [0.2, 0.25) is 0 Å². The summed E-state index contributed by atoms with van der Waals surface area (Å²) in [6.45, 7) is 3.04. The number of aliphatic imine (C=N–C) groups is 1. The van der Waals surface area contributed by atoms with Crippen LogP contribution in [0, 0.1) is 0 Å². The number of thiazole rings is 1. The highest BCUT2D eigenvalue weighted by molar-refractivity contribution is 7.11. The van der Waals surface area contributed by atoms with Crippen molar-refractivity contribution in [3.63, 3.8) is 0 Å². The summed E-state index contributed by atoms with van der Waals surface area (Å²) in [6.07, 6.45) is 8.36. The van der Waals surface area contributed by atoms with Crippen molar-refractivity contribution in [3.05, 3.63) is 45.9 Å². The van der Waals surface area contributed by atoms with E-state index in [9.17, 15) is 0 Å². The van der Waals surface area contributed by atoms with E-state index in [0.717, 1.165) is 44.9 Å². The minimum Gasteiger partial charge on any atom is -0.369 e. The molecule has 0 radical (unpaired) electrons. The lowest BCUT2D eigenvalue weighted by molar-refractivity contribution is 0.642. The van der Waals surface area contributed by atoms with Gasteiger partial charge in [0, 0.05) is 49.7 Å². The van der Waals surface area contributed by atoms with E-state index in [2.05, 4.69) is 50.9 Å². The number of aryl methyl sites for hydroxylation is 3. The molecule has 1 saturated heterocycles. The van der Waals surface area contributed by atoms with E-state index < -0.39 is 0 Å². The average molecular weight is 398 g/mol. The fourth-order valence-corrected chi connectivity index (χ4v) is 5.30. The predicted octanol–water partition coefficient (Wildman–Crippen LogP) is 3.40. The zero-order valence-corrected chi connectivity index (χ0v) is 17.6. The molecule has 2 N–H and O–H groups in total. The molecule has 1 aliphatic heterocycles. The van der Waals surface area contributed by atoms with E-state index in [-0.39, 0.29) is 0 Å². The van der Waals surface area contributed by atoms with Crippen molar-refractivity contribution in [2.24, 2.45) is 4.99 Å². The van der Waals surface area contributed by atoms with Gasteiger partial charge in [-0.05, 0) is 50.7 Å². The Hall–Kier alpha value is -2.08. The van der Waals surface area contributed by atoms with Gasteiger partial charge in [-0.25, -0.2) is 4.98 Å². The number of para-hydroxylation sites is 1. The van der Waals surface area contributed by atoms with Crippen LogP contribution in [0.25, 0.3) is 0 Å². The lowest BCUT2D eigenvalue weighted by atomic mass is 10.0. The number of aromatic nitrogens is 1. The molecule has 28 heavy (non-hydrogen) atoms. The first-order valence-electron chi connectivity index (χ1n) is 10.6. The minimum absolute atomic E-state index is 0.442. The summed E-state index contributed by atoms with van der Waals surface area (Å²) in [7, 11) is 1.86. The van der Waals surface area contributed by atoms with Crippen LogP contribution in [0.4, 0.5) is 5.69 Å². The summed E-state index contributed by atoms with van der Waals surface area (Å²) >= 11 is 1.93. The lowest BCUT2D eigenvalue weighted by Crippen LogP contribution is -2.44. The molecule has 1 aliphatic carbocycles. The maximum absolute atomic E-state index is 4.85. The van der Waals surface area contributed by atoms with Crippen molar-refractivity contribution in [1.82, 2.24) is 15.6 Å². The van der Waals surface area contributed by atoms with E-state index in [0.29, 0.717) is 6.04 Å². The summed E-state index contributed by atoms with van der Waals surface area (Å²) in [4.78, 5) is 13.2. The predicted molar refractivity (Wildman–Crippen MR) is 119 cm³/mol. The van der Waals surface area contributed by atoms with Crippen LogP contribution in [0.3, 0.4) is 0 Å². The van der Waals surface area contributed by atoms with Crippen molar-refractivity contribution >= 4 is 23.0 Å². The van der Waals surface area contributed by atoms with Crippen LogP contribution in [-0.2, 0) is 19.3 Å². The maximum Gasteiger partial charge on any atom is 0.191 e. The largest absolute Gasteiger partial charge is 0.369 e. The third-order valence-electron chi connectivity index (χ3n) is 5.62. The third kappa shape index (κ3) is 4.85. The molecule has 4 rings (SSSR count). The Morgan fingerprint density at radius 1 is 1.25 bits per heavy atom. The second-order valence-corrected chi connectivity index (χ2v) is 8.87. The molecule has 2 aromatic rings. The first kappa shape index (κ1) is 19.2. The molecule has 1 aromatic heterocycles. The van der Waals surface area contributed by atoms with Gasteiger partial charge in [-0.15, -0.1) is 11.3 Å². The highest BCUT2D eigenvalue weighted by atomic mass is 32.1. The Labute approximate surface area is 172 Å². The Morgan fingerprint density at radius 2 is 2.11 bits per heavy atom. The van der Waals surface area contributed by atoms with E-state index in [1.165, 1.54) is 46.9 Å². The maximum atomic E-state index is 4.85. The van der Waals surface area contributed by atoms with Crippen LogP contribution in [0.1, 0.15) is 41.3 Å². The second-order valence-electron chi connectivity index (χ2n) is 7.70. The number of benzene rings is 1. The van der Waals surface area contributed by atoms with Gasteiger partial charge in [0.25, 0.3) is 0 Å². The van der Waals surface area contributed by atoms with Crippen LogP contribution in [0.5, 0.6) is 0 Å². The van der Waals surface area contributed by atoms with Gasteiger partial charge in [0.1, 0.15) is 0 Å². The Kier molecular flexibility index (Phi) is 6.47. The molecule has 150 valence electrons. The number of hydrogen-bond donors (Lipinski definition) is 2. The number of anilines is 1. The normalized spacial score (nSPS) is 19.5. The van der Waals surface area contributed by atoms with Crippen LogP contribution in [-0.4, -0.2) is 43.7 Å². The molecule has 1 atom stereocenters. The van der Waals surface area contributed by atoms with E-state index in [1.807, 2.05) is 18.4 Å². The quantitative estimate of drug-likeness (QED) is 0.446. The Morgan fingerprint density at radius 3 is 2.93 bits per heavy atom. The highest BCUT2D eigenvalue weighted by Crippen LogP contribution is 2.27. The van der Waals surface area contributed by atoms with Crippen LogP contribution < -0.4 is 15.5 Å². The van der Waals surface area contributed by atoms with Crippen molar-refractivity contribution in [2.75, 3.05) is 31.6 Å². The van der Waals surface area contributed by atoms with Crippen LogP contribution in [0.15, 0.2) is 35.3 Å². The summed E-state index contributed by atoms with van der Waals surface area (Å²) < 4.78 is 0. The molecule has 0 spiro atoms. The van der Waals surface area contributed by atoms with Gasteiger partial charge in [-0.2, -0.15) is 0 Å². The molecule has 1 fully saturated rings. The van der Waals surface area contributed by atoms with Gasteiger partial charge in [-0.1, -0.05) is 18.2 Å². The Balaban J connectivity index is 1.19. The molecule has 6 heteroatoms. The van der Waals surface area contributed by atoms with Crippen molar-refractivity contribution in [2.45, 2.75) is 51.0 Å². The molecule has 0 bridgehead atoms. The molecule has 0 amide bonds. The number of guanidine groups is 1. The number of rotatable bonds is 6. The van der Waals surface area contributed by atoms with Crippen LogP contribution >= 0.6 is 11.3 Å². The molecule has 0 saturated carbocycles. The molecular formula is C22H31N5S. The first-order valence-corrected chi connectivity index (χ1v) is 11.4.